The number of H-pyrrole nitrogens is 1. The summed E-state index contributed by atoms with van der Waals surface area (Å²) in [4.78, 5) is 7.39. The molecule has 0 spiro atoms. The molecule has 4 aromatic rings. The van der Waals surface area contributed by atoms with Gasteiger partial charge in [0.1, 0.15) is 12.4 Å². The van der Waals surface area contributed by atoms with E-state index in [1.807, 2.05) is 30.3 Å². The summed E-state index contributed by atoms with van der Waals surface area (Å²) in [5.74, 6) is -1.30. The number of halogens is 2. The summed E-state index contributed by atoms with van der Waals surface area (Å²) < 4.78 is 33.5. The van der Waals surface area contributed by atoms with E-state index in [0.717, 1.165) is 54.8 Å². The van der Waals surface area contributed by atoms with Crippen LogP contribution in [0.25, 0.3) is 22.2 Å². The minimum absolute atomic E-state index is 0.198. The van der Waals surface area contributed by atoms with Crippen molar-refractivity contribution in [1.29, 1.82) is 5.26 Å². The van der Waals surface area contributed by atoms with Gasteiger partial charge in [-0.05, 0) is 54.8 Å². The number of hydrogen-bond acceptors (Lipinski definition) is 4. The van der Waals surface area contributed by atoms with Gasteiger partial charge >= 0.3 is 0 Å². The lowest BCUT2D eigenvalue weighted by Crippen LogP contribution is -2.41. The van der Waals surface area contributed by atoms with Crippen LogP contribution in [0, 0.1) is 23.0 Å². The van der Waals surface area contributed by atoms with Crippen molar-refractivity contribution in [3.8, 4) is 17.2 Å². The molecule has 2 heterocycles. The molecule has 0 saturated carbocycles. The monoisotopic (exact) mass is 444 g/mol. The molecule has 0 aliphatic carbocycles. The van der Waals surface area contributed by atoms with Crippen molar-refractivity contribution in [2.75, 3.05) is 13.1 Å². The number of aromatic nitrogens is 2. The first kappa shape index (κ1) is 21.3. The minimum Gasteiger partial charge on any atom is -0.362 e. The maximum Gasteiger partial charge on any atom is 0.161 e. The number of aromatic amines is 1. The standard InChI is InChI=1S/C26H22F2N4O/c27-21-13-23-24(14-22(21)28)32-25(31-23)16-33-26(8-10-30-11-9-26)20-6-4-18(5-7-20)19-3-1-2-17(12-19)15-29/h1-7,12-14,30H,8-11,16H2,(H,31,32). The zero-order valence-corrected chi connectivity index (χ0v) is 17.9. The molecule has 0 bridgehead atoms. The Morgan fingerprint density at radius 1 is 0.970 bits per heavy atom. The summed E-state index contributed by atoms with van der Waals surface area (Å²) >= 11 is 0. The van der Waals surface area contributed by atoms with Gasteiger partial charge in [-0.25, -0.2) is 13.8 Å². The Kier molecular flexibility index (Phi) is 5.63. The smallest absolute Gasteiger partial charge is 0.161 e. The van der Waals surface area contributed by atoms with Crippen LogP contribution in [0.1, 0.15) is 29.8 Å². The Bertz CT molecular complexity index is 1300. The van der Waals surface area contributed by atoms with Gasteiger partial charge in [-0.3, -0.25) is 0 Å². The lowest BCUT2D eigenvalue weighted by atomic mass is 9.84. The number of piperidine rings is 1. The van der Waals surface area contributed by atoms with Crippen LogP contribution in [0.15, 0.2) is 60.7 Å². The van der Waals surface area contributed by atoms with E-state index in [4.69, 9.17) is 10.00 Å². The van der Waals surface area contributed by atoms with Gasteiger partial charge in [0.25, 0.3) is 0 Å². The molecule has 0 atom stereocenters. The molecule has 5 nitrogen and oxygen atoms in total. The summed E-state index contributed by atoms with van der Waals surface area (Å²) in [6.07, 6.45) is 1.58. The molecule has 33 heavy (non-hydrogen) atoms. The number of imidazole rings is 1. The minimum atomic E-state index is -0.920. The Hall–Kier alpha value is -3.60. The lowest BCUT2D eigenvalue weighted by Gasteiger charge is -2.38. The van der Waals surface area contributed by atoms with Crippen LogP contribution < -0.4 is 5.32 Å². The summed E-state index contributed by atoms with van der Waals surface area (Å²) in [6.45, 7) is 1.84. The van der Waals surface area contributed by atoms with Crippen molar-refractivity contribution < 1.29 is 13.5 Å². The first-order valence-corrected chi connectivity index (χ1v) is 10.9. The third-order valence-electron chi connectivity index (χ3n) is 6.21. The molecular weight excluding hydrogens is 422 g/mol. The molecule has 7 heteroatoms. The van der Waals surface area contributed by atoms with Gasteiger partial charge < -0.3 is 15.0 Å². The number of fused-ring (bicyclic) bond motifs is 1. The van der Waals surface area contributed by atoms with E-state index < -0.39 is 17.2 Å². The van der Waals surface area contributed by atoms with Crippen LogP contribution >= 0.6 is 0 Å². The Morgan fingerprint density at radius 3 is 2.48 bits per heavy atom. The van der Waals surface area contributed by atoms with Gasteiger partial charge in [0.2, 0.25) is 0 Å². The van der Waals surface area contributed by atoms with Gasteiger partial charge in [0.15, 0.2) is 11.6 Å². The van der Waals surface area contributed by atoms with Crippen LogP contribution in [0.4, 0.5) is 8.78 Å². The van der Waals surface area contributed by atoms with Gasteiger partial charge in [-0.1, -0.05) is 36.4 Å². The van der Waals surface area contributed by atoms with Crippen LogP contribution in [0.3, 0.4) is 0 Å². The molecule has 1 aliphatic rings. The zero-order chi connectivity index (χ0) is 22.8. The highest BCUT2D eigenvalue weighted by atomic mass is 19.2. The van der Waals surface area contributed by atoms with Crippen molar-refractivity contribution in [3.05, 3.63) is 89.2 Å². The highest BCUT2D eigenvalue weighted by molar-refractivity contribution is 5.75. The third-order valence-corrected chi connectivity index (χ3v) is 6.21. The predicted molar refractivity (Wildman–Crippen MR) is 121 cm³/mol. The average molecular weight is 444 g/mol. The average Bonchev–Trinajstić information content (AvgIpc) is 3.25. The summed E-state index contributed by atoms with van der Waals surface area (Å²) in [6, 6.07) is 20.1. The van der Waals surface area contributed by atoms with E-state index in [9.17, 15) is 8.78 Å². The topological polar surface area (TPSA) is 73.7 Å². The quantitative estimate of drug-likeness (QED) is 0.445. The molecule has 0 unspecified atom stereocenters. The first-order chi connectivity index (χ1) is 16.1. The van der Waals surface area contributed by atoms with Crippen LogP contribution in [-0.4, -0.2) is 23.1 Å². The van der Waals surface area contributed by atoms with Crippen LogP contribution in [0.5, 0.6) is 0 Å². The van der Waals surface area contributed by atoms with Gasteiger partial charge in [0.05, 0.1) is 28.3 Å². The predicted octanol–water partition coefficient (Wildman–Crippen LogP) is 5.18. The Morgan fingerprint density at radius 2 is 1.73 bits per heavy atom. The molecule has 166 valence electrons. The SMILES string of the molecule is N#Cc1cccc(-c2ccc(C3(OCc4nc5cc(F)c(F)cc5[nH]4)CCNCC3)cc2)c1. The van der Waals surface area contributed by atoms with E-state index in [0.29, 0.717) is 22.4 Å². The number of ether oxygens (including phenoxy) is 1. The lowest BCUT2D eigenvalue weighted by molar-refractivity contribution is -0.0839. The molecule has 0 amide bonds. The molecule has 3 aromatic carbocycles. The second-order valence-corrected chi connectivity index (χ2v) is 8.27. The second kappa shape index (κ2) is 8.74. The fourth-order valence-electron chi connectivity index (χ4n) is 4.41. The maximum atomic E-state index is 13.5. The largest absolute Gasteiger partial charge is 0.362 e. The molecule has 2 N–H and O–H groups in total. The second-order valence-electron chi connectivity index (χ2n) is 8.27. The van der Waals surface area contributed by atoms with Crippen molar-refractivity contribution in [3.63, 3.8) is 0 Å². The van der Waals surface area contributed by atoms with Gasteiger partial charge in [-0.2, -0.15) is 5.26 Å². The number of hydrogen-bond donors (Lipinski definition) is 2. The molecule has 1 aromatic heterocycles. The highest BCUT2D eigenvalue weighted by Crippen LogP contribution is 2.37. The number of benzene rings is 3. The molecular formula is C26H22F2N4O. The molecule has 5 rings (SSSR count). The third kappa shape index (κ3) is 4.23. The number of nitrogens with one attached hydrogen (secondary N) is 2. The van der Waals surface area contributed by atoms with E-state index in [1.165, 1.54) is 0 Å². The van der Waals surface area contributed by atoms with Crippen LogP contribution in [-0.2, 0) is 16.9 Å². The summed E-state index contributed by atoms with van der Waals surface area (Å²) in [5.41, 5.74) is 4.03. The van der Waals surface area contributed by atoms with Crippen LogP contribution in [0.2, 0.25) is 0 Å². The molecule has 1 aliphatic heterocycles. The summed E-state index contributed by atoms with van der Waals surface area (Å²) in [7, 11) is 0. The van der Waals surface area contributed by atoms with E-state index in [2.05, 4.69) is 33.5 Å². The first-order valence-electron chi connectivity index (χ1n) is 10.9. The number of nitriles is 1. The normalized spacial score (nSPS) is 15.4. The Labute approximate surface area is 190 Å². The fraction of sp³-hybridized carbons (Fsp3) is 0.231. The fourth-order valence-corrected chi connectivity index (χ4v) is 4.41. The van der Waals surface area contributed by atoms with Crippen molar-refractivity contribution in [2.24, 2.45) is 0 Å². The van der Waals surface area contributed by atoms with E-state index in [1.54, 1.807) is 6.07 Å². The zero-order valence-electron chi connectivity index (χ0n) is 17.9. The van der Waals surface area contributed by atoms with Crippen molar-refractivity contribution in [2.45, 2.75) is 25.0 Å². The van der Waals surface area contributed by atoms with Crippen molar-refractivity contribution in [1.82, 2.24) is 15.3 Å². The Balaban J connectivity index is 1.40. The molecule has 1 fully saturated rings. The van der Waals surface area contributed by atoms with E-state index >= 15 is 0 Å². The van der Waals surface area contributed by atoms with Crippen molar-refractivity contribution >= 4 is 11.0 Å². The molecule has 1 saturated heterocycles. The van der Waals surface area contributed by atoms with Gasteiger partial charge in [-0.15, -0.1) is 0 Å². The number of nitrogens with zero attached hydrogens (tertiary/aromatic N) is 2. The van der Waals surface area contributed by atoms with E-state index in [-0.39, 0.29) is 6.61 Å². The molecule has 0 radical (unpaired) electrons. The highest BCUT2D eigenvalue weighted by Gasteiger charge is 2.35. The maximum absolute atomic E-state index is 13.5. The van der Waals surface area contributed by atoms with Gasteiger partial charge in [0, 0.05) is 12.1 Å². The summed E-state index contributed by atoms with van der Waals surface area (Å²) in [5, 5.41) is 12.5. The number of rotatable bonds is 5.